The molecule has 1 aromatic heterocycles. The third-order valence-corrected chi connectivity index (χ3v) is 3.72. The molecule has 0 bridgehead atoms. The predicted molar refractivity (Wildman–Crippen MR) is 63.6 cm³/mol. The van der Waals surface area contributed by atoms with Crippen molar-refractivity contribution in [1.29, 1.82) is 0 Å². The molecule has 1 heterocycles. The number of pyridine rings is 1. The third-order valence-electron chi connectivity index (χ3n) is 3.72. The molecule has 1 fully saturated rings. The van der Waals surface area contributed by atoms with Gasteiger partial charge in [-0.05, 0) is 36.3 Å². The average Bonchev–Trinajstić information content (AvgIpc) is 2.30. The second-order valence-electron chi connectivity index (χ2n) is 4.56. The minimum atomic E-state index is 0.650. The summed E-state index contributed by atoms with van der Waals surface area (Å²) in [5.41, 5.74) is 8.24. The summed E-state index contributed by atoms with van der Waals surface area (Å²) in [6.07, 6.45) is 10.4. The highest BCUT2D eigenvalue weighted by Gasteiger charge is 2.26. The molecular formula is C13H20N2. The lowest BCUT2D eigenvalue weighted by atomic mass is 9.74. The number of aromatic nitrogens is 1. The van der Waals surface area contributed by atoms with Crippen LogP contribution in [-0.4, -0.2) is 4.98 Å². The van der Waals surface area contributed by atoms with Gasteiger partial charge in [0, 0.05) is 18.1 Å². The van der Waals surface area contributed by atoms with E-state index in [1.165, 1.54) is 37.7 Å². The normalized spacial score (nSPS) is 26.5. The van der Waals surface area contributed by atoms with Crippen molar-refractivity contribution in [1.82, 2.24) is 4.98 Å². The molecule has 82 valence electrons. The summed E-state index contributed by atoms with van der Waals surface area (Å²) >= 11 is 0. The quantitative estimate of drug-likeness (QED) is 0.802. The van der Waals surface area contributed by atoms with Crippen molar-refractivity contribution in [2.45, 2.75) is 44.9 Å². The van der Waals surface area contributed by atoms with Gasteiger partial charge in [0.25, 0.3) is 0 Å². The Morgan fingerprint density at radius 3 is 2.93 bits per heavy atom. The first-order valence-electron chi connectivity index (χ1n) is 6.02. The topological polar surface area (TPSA) is 38.9 Å². The Labute approximate surface area is 91.9 Å². The summed E-state index contributed by atoms with van der Waals surface area (Å²) in [5.74, 6) is 1.46. The molecule has 2 heteroatoms. The van der Waals surface area contributed by atoms with Gasteiger partial charge in [-0.15, -0.1) is 0 Å². The molecule has 0 aliphatic heterocycles. The van der Waals surface area contributed by atoms with E-state index in [4.69, 9.17) is 5.73 Å². The first kappa shape index (κ1) is 10.5. The summed E-state index contributed by atoms with van der Waals surface area (Å²) in [6, 6.07) is 1.93. The molecule has 1 aromatic rings. The van der Waals surface area contributed by atoms with E-state index >= 15 is 0 Å². The van der Waals surface area contributed by atoms with Crippen molar-refractivity contribution in [3.05, 3.63) is 24.0 Å². The van der Waals surface area contributed by atoms with Gasteiger partial charge >= 0.3 is 0 Å². The van der Waals surface area contributed by atoms with Crippen LogP contribution < -0.4 is 5.73 Å². The van der Waals surface area contributed by atoms with Crippen LogP contribution in [0.3, 0.4) is 0 Å². The maximum atomic E-state index is 6.03. The Morgan fingerprint density at radius 2 is 2.20 bits per heavy atom. The van der Waals surface area contributed by atoms with Crippen LogP contribution in [0.1, 0.15) is 50.5 Å². The Hall–Kier alpha value is -1.05. The number of rotatable bonds is 2. The van der Waals surface area contributed by atoms with Gasteiger partial charge in [0.15, 0.2) is 0 Å². The predicted octanol–water partition coefficient (Wildman–Crippen LogP) is 3.35. The van der Waals surface area contributed by atoms with Gasteiger partial charge in [-0.2, -0.15) is 0 Å². The Balaban J connectivity index is 2.24. The van der Waals surface area contributed by atoms with Crippen molar-refractivity contribution < 1.29 is 0 Å². The van der Waals surface area contributed by atoms with Crippen LogP contribution in [0.25, 0.3) is 0 Å². The molecule has 1 aliphatic carbocycles. The third kappa shape index (κ3) is 2.14. The highest BCUT2D eigenvalue weighted by Crippen LogP contribution is 2.40. The zero-order valence-corrected chi connectivity index (χ0v) is 9.45. The van der Waals surface area contributed by atoms with Crippen LogP contribution in [0.5, 0.6) is 0 Å². The van der Waals surface area contributed by atoms with E-state index in [-0.39, 0.29) is 0 Å². The van der Waals surface area contributed by atoms with Crippen molar-refractivity contribution in [3.63, 3.8) is 0 Å². The summed E-state index contributed by atoms with van der Waals surface area (Å²) in [4.78, 5) is 4.21. The number of nitrogens with two attached hydrogens (primary N) is 1. The zero-order valence-electron chi connectivity index (χ0n) is 9.45. The number of nitrogen functional groups attached to an aromatic ring is 1. The van der Waals surface area contributed by atoms with Crippen LogP contribution in [0.2, 0.25) is 0 Å². The fraction of sp³-hybridized carbons (Fsp3) is 0.615. The summed E-state index contributed by atoms with van der Waals surface area (Å²) < 4.78 is 0. The van der Waals surface area contributed by atoms with Crippen molar-refractivity contribution in [2.75, 3.05) is 5.73 Å². The first-order chi connectivity index (χ1) is 7.33. The summed E-state index contributed by atoms with van der Waals surface area (Å²) in [6.45, 7) is 2.29. The van der Waals surface area contributed by atoms with E-state index in [1.54, 1.807) is 6.20 Å². The van der Waals surface area contributed by atoms with Crippen LogP contribution in [0.4, 0.5) is 5.69 Å². The van der Waals surface area contributed by atoms with E-state index in [0.717, 1.165) is 11.6 Å². The molecular weight excluding hydrogens is 184 g/mol. The highest BCUT2D eigenvalue weighted by molar-refractivity contribution is 5.46. The van der Waals surface area contributed by atoms with E-state index in [1.807, 2.05) is 12.3 Å². The summed E-state index contributed by atoms with van der Waals surface area (Å²) in [5, 5.41) is 0. The Bertz CT molecular complexity index is 322. The van der Waals surface area contributed by atoms with Gasteiger partial charge in [0.1, 0.15) is 0 Å². The molecule has 0 saturated heterocycles. The fourth-order valence-electron chi connectivity index (χ4n) is 2.83. The smallest absolute Gasteiger partial charge is 0.0380 e. The van der Waals surface area contributed by atoms with Crippen molar-refractivity contribution in [3.8, 4) is 0 Å². The molecule has 2 N–H and O–H groups in total. The molecule has 0 spiro atoms. The van der Waals surface area contributed by atoms with Crippen LogP contribution >= 0.6 is 0 Å². The average molecular weight is 204 g/mol. The second-order valence-corrected chi connectivity index (χ2v) is 4.56. The lowest BCUT2D eigenvalue weighted by Crippen LogP contribution is -2.18. The second kappa shape index (κ2) is 4.65. The minimum Gasteiger partial charge on any atom is -0.398 e. The van der Waals surface area contributed by atoms with Crippen LogP contribution in [-0.2, 0) is 0 Å². The molecule has 2 nitrogen and oxygen atoms in total. The molecule has 2 unspecified atom stereocenters. The molecule has 15 heavy (non-hydrogen) atoms. The Morgan fingerprint density at radius 1 is 1.40 bits per heavy atom. The largest absolute Gasteiger partial charge is 0.398 e. The van der Waals surface area contributed by atoms with Gasteiger partial charge in [-0.1, -0.05) is 26.2 Å². The van der Waals surface area contributed by atoms with Crippen molar-refractivity contribution in [2.24, 2.45) is 5.92 Å². The number of hydrogen-bond donors (Lipinski definition) is 1. The highest BCUT2D eigenvalue weighted by atomic mass is 14.7. The Kier molecular flexibility index (Phi) is 3.24. The van der Waals surface area contributed by atoms with Gasteiger partial charge in [-0.3, -0.25) is 4.98 Å². The standard InChI is InChI=1S/C13H20N2/c1-2-10-5-3-4-6-11(10)12-9-15-8-7-13(12)14/h7-11H,2-6H2,1H3,(H2,14,15). The van der Waals surface area contributed by atoms with Gasteiger partial charge < -0.3 is 5.73 Å². The molecule has 0 amide bonds. The van der Waals surface area contributed by atoms with E-state index in [9.17, 15) is 0 Å². The van der Waals surface area contributed by atoms with Crippen LogP contribution in [0.15, 0.2) is 18.5 Å². The van der Waals surface area contributed by atoms with E-state index < -0.39 is 0 Å². The molecule has 2 atom stereocenters. The molecule has 2 rings (SSSR count). The zero-order chi connectivity index (χ0) is 10.7. The summed E-state index contributed by atoms with van der Waals surface area (Å²) in [7, 11) is 0. The van der Waals surface area contributed by atoms with E-state index in [2.05, 4.69) is 11.9 Å². The fourth-order valence-corrected chi connectivity index (χ4v) is 2.83. The van der Waals surface area contributed by atoms with Gasteiger partial charge in [0.2, 0.25) is 0 Å². The molecule has 1 saturated carbocycles. The lowest BCUT2D eigenvalue weighted by molar-refractivity contribution is 0.299. The molecule has 0 aromatic carbocycles. The first-order valence-corrected chi connectivity index (χ1v) is 6.02. The van der Waals surface area contributed by atoms with E-state index in [0.29, 0.717) is 5.92 Å². The maximum Gasteiger partial charge on any atom is 0.0380 e. The minimum absolute atomic E-state index is 0.650. The molecule has 1 aliphatic rings. The number of nitrogens with zero attached hydrogens (tertiary/aromatic N) is 1. The van der Waals surface area contributed by atoms with Gasteiger partial charge in [0.05, 0.1) is 0 Å². The SMILES string of the molecule is CCC1CCCCC1c1cnccc1N. The lowest BCUT2D eigenvalue weighted by Gasteiger charge is -2.31. The number of hydrogen-bond acceptors (Lipinski definition) is 2. The number of anilines is 1. The van der Waals surface area contributed by atoms with Crippen molar-refractivity contribution >= 4 is 5.69 Å². The van der Waals surface area contributed by atoms with Gasteiger partial charge in [-0.25, -0.2) is 0 Å². The monoisotopic (exact) mass is 204 g/mol. The van der Waals surface area contributed by atoms with Crippen LogP contribution in [0, 0.1) is 5.92 Å². The maximum absolute atomic E-state index is 6.03. The molecule has 0 radical (unpaired) electrons.